The Hall–Kier alpha value is -10.1. The van der Waals surface area contributed by atoms with Gasteiger partial charge in [0.2, 0.25) is 0 Å². The summed E-state index contributed by atoms with van der Waals surface area (Å²) < 4.78 is 17.9. The third kappa shape index (κ3) is 20.0. The molecule has 0 fully saturated rings. The first-order valence-electron chi connectivity index (χ1n) is 32.9. The zero-order valence-electron chi connectivity index (χ0n) is 57.8. The highest BCUT2D eigenvalue weighted by atomic mass is 16.5. The molecule has 0 spiro atoms. The van der Waals surface area contributed by atoms with E-state index < -0.39 is 18.3 Å². The Kier molecular flexibility index (Phi) is 25.7. The van der Waals surface area contributed by atoms with Crippen LogP contribution in [0, 0.1) is 6.92 Å². The summed E-state index contributed by atoms with van der Waals surface area (Å²) in [5.41, 5.74) is 14.5. The predicted molar refractivity (Wildman–Crippen MR) is 378 cm³/mol. The average molecular weight is 1320 g/mol. The SMILES string of the molecule is CC(C)=CCC/C(C)=C/Cc1c([C@@H]2CC(=O)c3c(cc(O)c(CC=C(C)C)c3O)O2)ccc(O)c1O.CC(C)=CCC/C(C)=C/Cc1cc([C@@H]2CC(=O)c3c(O)cc(O)cc3O2)cc(O)c1O.CC(C)=CCC/C(C)=C/Cc1cc([C@@H]2CC(=O)c3c(O)cc(O)cc3O2)ccc1C. The van der Waals surface area contributed by atoms with Crippen molar-refractivity contribution < 1.29 is 79.7 Å². The molecule has 0 aliphatic carbocycles. The maximum atomic E-state index is 13.1. The van der Waals surface area contributed by atoms with Gasteiger partial charge in [0.1, 0.15) is 86.7 Å². The number of rotatable bonds is 20. The molecule has 0 radical (unpaired) electrons. The van der Waals surface area contributed by atoms with Crippen LogP contribution in [0.1, 0.15) is 228 Å². The fraction of sp³-hybridized carbons (Fsp3) is 0.346. The lowest BCUT2D eigenvalue weighted by atomic mass is 9.89. The summed E-state index contributed by atoms with van der Waals surface area (Å²) in [5.74, 6) is -2.73. The fourth-order valence-corrected chi connectivity index (χ4v) is 11.6. The van der Waals surface area contributed by atoms with Crippen molar-refractivity contribution in [3.05, 3.63) is 216 Å². The smallest absolute Gasteiger partial charge is 0.174 e. The molecule has 16 heteroatoms. The Morgan fingerprint density at radius 2 is 0.814 bits per heavy atom. The van der Waals surface area contributed by atoms with Gasteiger partial charge in [-0.25, -0.2) is 0 Å². The number of aromatic hydroxyl groups is 10. The zero-order valence-corrected chi connectivity index (χ0v) is 57.8. The van der Waals surface area contributed by atoms with Crippen molar-refractivity contribution in [1.82, 2.24) is 0 Å². The number of benzene rings is 6. The van der Waals surface area contributed by atoms with Gasteiger partial charge in [-0.05, 0) is 188 Å². The molecule has 3 heterocycles. The van der Waals surface area contributed by atoms with Gasteiger partial charge in [-0.2, -0.15) is 0 Å². The van der Waals surface area contributed by atoms with E-state index in [1.54, 1.807) is 12.1 Å². The Labute approximate surface area is 569 Å². The second kappa shape index (κ2) is 33.5. The summed E-state index contributed by atoms with van der Waals surface area (Å²) in [5, 5.41) is 102. The number of phenols is 10. The second-order valence-electron chi connectivity index (χ2n) is 26.4. The quantitative estimate of drug-likeness (QED) is 0.0251. The van der Waals surface area contributed by atoms with Crippen LogP contribution in [0.15, 0.2) is 154 Å². The summed E-state index contributed by atoms with van der Waals surface area (Å²) in [6.45, 7) is 24.6. The normalized spacial score (nSPS) is 15.7. The largest absolute Gasteiger partial charge is 0.508 e. The first kappa shape index (κ1) is 74.3. The van der Waals surface area contributed by atoms with Gasteiger partial charge in [0, 0.05) is 52.6 Å². The molecule has 0 saturated heterocycles. The van der Waals surface area contributed by atoms with E-state index in [9.17, 15) is 65.4 Å². The molecule has 0 saturated carbocycles. The minimum atomic E-state index is -0.742. The average Bonchev–Trinajstić information content (AvgIpc) is 0.778. The van der Waals surface area contributed by atoms with Gasteiger partial charge < -0.3 is 65.3 Å². The van der Waals surface area contributed by atoms with E-state index in [0.717, 1.165) is 73.8 Å². The van der Waals surface area contributed by atoms with E-state index in [-0.39, 0.29) is 134 Å². The Balaban J connectivity index is 0.000000206. The van der Waals surface area contributed by atoms with Crippen molar-refractivity contribution in [3.8, 4) is 74.7 Å². The first-order chi connectivity index (χ1) is 45.9. The first-order valence-corrected chi connectivity index (χ1v) is 32.9. The molecule has 3 aliphatic rings. The molecule has 16 nitrogen and oxygen atoms in total. The maximum absolute atomic E-state index is 13.1. The molecule has 0 bridgehead atoms. The molecular weight excluding hydrogens is 1230 g/mol. The highest BCUT2D eigenvalue weighted by molar-refractivity contribution is 6.04. The van der Waals surface area contributed by atoms with Crippen molar-refractivity contribution in [2.45, 2.75) is 185 Å². The minimum Gasteiger partial charge on any atom is -0.508 e. The summed E-state index contributed by atoms with van der Waals surface area (Å²) in [4.78, 5) is 38.3. The number of ether oxygens (including phenoxy) is 3. The molecule has 10 N–H and O–H groups in total. The van der Waals surface area contributed by atoms with Gasteiger partial charge in [-0.3, -0.25) is 14.4 Å². The van der Waals surface area contributed by atoms with Crippen LogP contribution in [0.2, 0.25) is 0 Å². The number of carbonyl (C=O) groups excluding carboxylic acids is 3. The maximum Gasteiger partial charge on any atom is 0.174 e. The van der Waals surface area contributed by atoms with Gasteiger partial charge in [-0.1, -0.05) is 106 Å². The molecule has 0 aromatic heterocycles. The van der Waals surface area contributed by atoms with E-state index in [4.69, 9.17) is 14.2 Å². The predicted octanol–water partition coefficient (Wildman–Crippen LogP) is 18.8. The molecular formula is C81H94O16. The van der Waals surface area contributed by atoms with Crippen LogP contribution in [-0.4, -0.2) is 68.4 Å². The second-order valence-corrected chi connectivity index (χ2v) is 26.4. The van der Waals surface area contributed by atoms with E-state index in [2.05, 4.69) is 91.8 Å². The summed E-state index contributed by atoms with van der Waals surface area (Å²) >= 11 is 0. The number of fused-ring (bicyclic) bond motifs is 3. The van der Waals surface area contributed by atoms with Crippen molar-refractivity contribution in [3.63, 3.8) is 0 Å². The number of allylic oxidation sites excluding steroid dienone is 14. The van der Waals surface area contributed by atoms with Crippen LogP contribution in [0.3, 0.4) is 0 Å². The van der Waals surface area contributed by atoms with E-state index in [1.165, 1.54) is 69.3 Å². The zero-order chi connectivity index (χ0) is 71.1. The summed E-state index contributed by atoms with van der Waals surface area (Å²) in [6.07, 6.45) is 20.6. The van der Waals surface area contributed by atoms with Crippen LogP contribution in [-0.2, 0) is 25.7 Å². The van der Waals surface area contributed by atoms with Crippen molar-refractivity contribution >= 4 is 17.3 Å². The van der Waals surface area contributed by atoms with E-state index >= 15 is 0 Å². The number of hydrogen-bond donors (Lipinski definition) is 10. The Morgan fingerprint density at radius 3 is 1.33 bits per heavy atom. The molecule has 3 atom stereocenters. The van der Waals surface area contributed by atoms with Crippen LogP contribution in [0.4, 0.5) is 0 Å². The van der Waals surface area contributed by atoms with Crippen LogP contribution >= 0.6 is 0 Å². The van der Waals surface area contributed by atoms with Gasteiger partial charge in [-0.15, -0.1) is 0 Å². The topological polar surface area (TPSA) is 281 Å². The number of carbonyl (C=O) groups is 3. The molecule has 6 aromatic rings. The number of ketones is 3. The minimum absolute atomic E-state index is 0.0344. The number of hydrogen-bond acceptors (Lipinski definition) is 16. The van der Waals surface area contributed by atoms with E-state index in [0.29, 0.717) is 41.5 Å². The van der Waals surface area contributed by atoms with Gasteiger partial charge in [0.05, 0.1) is 19.3 Å². The van der Waals surface area contributed by atoms with Crippen LogP contribution in [0.25, 0.3) is 0 Å². The third-order valence-corrected chi connectivity index (χ3v) is 17.2. The Morgan fingerprint density at radius 1 is 0.381 bits per heavy atom. The molecule has 0 unspecified atom stereocenters. The fourth-order valence-electron chi connectivity index (χ4n) is 11.6. The van der Waals surface area contributed by atoms with Gasteiger partial charge in [0.25, 0.3) is 0 Å². The monoisotopic (exact) mass is 1320 g/mol. The van der Waals surface area contributed by atoms with Crippen LogP contribution in [0.5, 0.6) is 74.7 Å². The number of phenolic OH excluding ortho intramolecular Hbond substituents is 10. The number of aryl methyl sites for hydroxylation is 1. The molecule has 0 amide bonds. The molecule has 3 aliphatic heterocycles. The lowest BCUT2D eigenvalue weighted by Crippen LogP contribution is -2.22. The highest BCUT2D eigenvalue weighted by Crippen LogP contribution is 2.48. The lowest BCUT2D eigenvalue weighted by molar-refractivity contribution is 0.0833. The molecule has 9 rings (SSSR count). The molecule has 514 valence electrons. The van der Waals surface area contributed by atoms with E-state index in [1.807, 2.05) is 52.0 Å². The van der Waals surface area contributed by atoms with Crippen molar-refractivity contribution in [2.24, 2.45) is 0 Å². The van der Waals surface area contributed by atoms with Crippen LogP contribution < -0.4 is 14.2 Å². The Bertz CT molecular complexity index is 4150. The van der Waals surface area contributed by atoms with Gasteiger partial charge >= 0.3 is 0 Å². The van der Waals surface area contributed by atoms with Gasteiger partial charge in [0.15, 0.2) is 40.3 Å². The molecule has 97 heavy (non-hydrogen) atoms. The highest BCUT2D eigenvalue weighted by Gasteiger charge is 2.36. The van der Waals surface area contributed by atoms with Crippen molar-refractivity contribution in [1.29, 1.82) is 0 Å². The third-order valence-electron chi connectivity index (χ3n) is 17.2. The summed E-state index contributed by atoms with van der Waals surface area (Å²) in [6, 6.07) is 18.5. The lowest BCUT2D eigenvalue weighted by Gasteiger charge is -2.28. The van der Waals surface area contributed by atoms with Crippen molar-refractivity contribution in [2.75, 3.05) is 0 Å². The number of Topliss-reactive ketones (excluding diaryl/α,β-unsaturated/α-hetero) is 3. The standard InChI is InChI=1S/C30H36O6.C26H30O4.C25H28O6/c1-17(2)7-6-8-19(5)10-12-21-20(13-14-23(31)29(21)34)26-16-25(33)28-27(36-26)15-24(32)22(30(28)35)11-9-18(3)4;1-16(2)6-5-7-17(3)8-10-19-12-20(11-9-18(19)4)24-15-23(29)26-22(28)13-21(27)14-25(26)30-24;1-14(2)5-4-6-15(3)7-8-16-9-17(10-21(29)25(16)30)22-13-20(28)24-19(27)11-18(26)12-23(24)31-22/h7,9-10,13-15,26,31-32,34-35H,6,8,11-12,16H2,1-5H3;6,8-9,11-14,24,27-28H,5,7,10,15H2,1-4H3;5,7,9-12,22,26-27,29-30H,4,6,8,13H2,1-3H3/b19-10+;17-8+;15-7+/t26-;24-;22-/m000/s1. The summed E-state index contributed by atoms with van der Waals surface area (Å²) in [7, 11) is 0. The molecule has 6 aromatic carbocycles.